The van der Waals surface area contributed by atoms with Crippen molar-refractivity contribution in [3.63, 3.8) is 0 Å². The van der Waals surface area contributed by atoms with Gasteiger partial charge in [0.2, 0.25) is 5.69 Å². The fraction of sp³-hybridized carbons (Fsp3) is 0.417. The Morgan fingerprint density at radius 1 is 0.879 bits per heavy atom. The molecule has 3 heterocycles. The number of rotatable bonds is 20. The number of allylic oxidation sites excluding steroid dienone is 7. The van der Waals surface area contributed by atoms with Crippen LogP contribution in [0.4, 0.5) is 11.4 Å². The lowest BCUT2D eigenvalue weighted by Crippen LogP contribution is -2.30. The van der Waals surface area contributed by atoms with Crippen LogP contribution in [-0.4, -0.2) is 95.7 Å². The Kier molecular flexibility index (Phi) is 14.8. The van der Waals surface area contributed by atoms with Crippen molar-refractivity contribution in [2.75, 3.05) is 41.5 Å². The number of anilines is 1. The second-order valence-electron chi connectivity index (χ2n) is 17.8. The average Bonchev–Trinajstić information content (AvgIpc) is 3.98. The van der Waals surface area contributed by atoms with E-state index in [1.54, 1.807) is 23.5 Å². The molecule has 3 aromatic rings. The van der Waals surface area contributed by atoms with E-state index in [2.05, 4.69) is 36.3 Å². The minimum Gasteiger partial charge on any atom is -0.748 e. The quantitative estimate of drug-likeness (QED) is 0.0619. The van der Waals surface area contributed by atoms with Gasteiger partial charge in [0.1, 0.15) is 22.1 Å². The Hall–Kier alpha value is -4.01. The van der Waals surface area contributed by atoms with Crippen molar-refractivity contribution in [1.29, 1.82) is 0 Å². The van der Waals surface area contributed by atoms with Gasteiger partial charge in [-0.3, -0.25) is 13.9 Å². The lowest BCUT2D eigenvalue weighted by molar-refractivity contribution is -0.437. The molecule has 0 spiro atoms. The van der Waals surface area contributed by atoms with Crippen LogP contribution in [-0.2, 0) is 46.0 Å². The van der Waals surface area contributed by atoms with Gasteiger partial charge in [-0.15, -0.1) is 23.5 Å². The first-order valence-corrected chi connectivity index (χ1v) is 28.7. The summed E-state index contributed by atoms with van der Waals surface area (Å²) in [6.45, 7) is 6.94. The molecule has 0 saturated carbocycles. The molecule has 66 heavy (non-hydrogen) atoms. The lowest BCUT2D eigenvalue weighted by atomic mass is 9.77. The smallest absolute Gasteiger partial charge is 0.294 e. The van der Waals surface area contributed by atoms with Crippen LogP contribution < -0.4 is 9.64 Å². The summed E-state index contributed by atoms with van der Waals surface area (Å²) >= 11 is 3.26. The van der Waals surface area contributed by atoms with E-state index in [0.29, 0.717) is 56.7 Å². The van der Waals surface area contributed by atoms with Gasteiger partial charge in [-0.25, -0.2) is 8.42 Å². The molecule has 0 radical (unpaired) electrons. The molecule has 1 aliphatic carbocycles. The third-order valence-electron chi connectivity index (χ3n) is 12.9. The number of carbonyl (C=O) groups is 1. The molecular formula is C48H56N2O11S5. The minimum atomic E-state index is -4.46. The van der Waals surface area contributed by atoms with Gasteiger partial charge >= 0.3 is 0 Å². The number of hydrogen-bond acceptors (Lipinski definition) is 12. The number of carbonyl (C=O) groups excluding carboxylic acids is 1. The zero-order valence-electron chi connectivity index (χ0n) is 37.4. The van der Waals surface area contributed by atoms with Gasteiger partial charge in [-0.2, -0.15) is 21.4 Å². The van der Waals surface area contributed by atoms with Crippen molar-refractivity contribution < 1.29 is 53.0 Å². The molecule has 18 heteroatoms. The number of ketones is 1. The molecular weight excluding hydrogens is 941 g/mol. The third-order valence-corrected chi connectivity index (χ3v) is 18.5. The van der Waals surface area contributed by atoms with Crippen LogP contribution in [0.25, 0.3) is 0 Å². The maximum atomic E-state index is 13.3. The molecule has 2 unspecified atom stereocenters. The molecule has 0 amide bonds. The molecule has 3 aromatic carbocycles. The Bertz CT molecular complexity index is 2880. The van der Waals surface area contributed by atoms with Crippen molar-refractivity contribution in [3.05, 3.63) is 131 Å². The van der Waals surface area contributed by atoms with E-state index in [0.717, 1.165) is 57.2 Å². The number of hydrogen-bond donors (Lipinski definition) is 2. The molecule has 4 aliphatic rings. The molecule has 13 nitrogen and oxygen atoms in total. The summed E-state index contributed by atoms with van der Waals surface area (Å²) in [5, 5.41) is 0. The first kappa shape index (κ1) is 49.9. The first-order valence-electron chi connectivity index (χ1n) is 21.9. The van der Waals surface area contributed by atoms with Crippen LogP contribution in [0.1, 0.15) is 83.3 Å². The minimum absolute atomic E-state index is 0.134. The largest absolute Gasteiger partial charge is 0.748 e. The molecule has 7 rings (SSSR count). The second kappa shape index (κ2) is 19.5. The molecule has 3 aliphatic heterocycles. The Labute approximate surface area is 397 Å². The molecule has 0 aromatic heterocycles. The molecule has 2 atom stereocenters. The normalized spacial score (nSPS) is 23.0. The van der Waals surface area contributed by atoms with Crippen LogP contribution in [0.15, 0.2) is 125 Å². The van der Waals surface area contributed by atoms with Gasteiger partial charge in [-0.1, -0.05) is 42.5 Å². The standard InChI is InChI=1S/C48H56N2O11S5/c1-46(2)38-15-5-7-17-40(38)49(29-11-31-64(52,53)54)42(46)26-20-34-13-9-14-35(45(34)61-36-22-24-37(25-23-36)66(58,59)60)21-27-43-47(3,28-10-19-44(51)48(62-4)33-63-48)39-16-6-8-18-41(39)50(43)30-12-32-65(55,56)57/h5-8,15-18,20-27H,9-14,19,28-33H2,1-4H3,(H2-,52,53,54,55,56,57,58,59,60). The number of Topliss-reactive ketones (excluding diaryl/α,β-unsaturated/α-hetero) is 1. The maximum absolute atomic E-state index is 13.3. The number of benzene rings is 3. The number of fused-ring (bicyclic) bond motifs is 2. The summed E-state index contributed by atoms with van der Waals surface area (Å²) in [5.41, 5.74) is 6.33. The fourth-order valence-corrected chi connectivity index (χ4v) is 12.9. The van der Waals surface area contributed by atoms with E-state index >= 15 is 0 Å². The van der Waals surface area contributed by atoms with Gasteiger partial charge in [-0.05, 0) is 125 Å². The van der Waals surface area contributed by atoms with E-state index in [4.69, 9.17) is 4.74 Å². The van der Waals surface area contributed by atoms with Gasteiger partial charge in [0.05, 0.1) is 26.2 Å². The maximum Gasteiger partial charge on any atom is 0.294 e. The van der Waals surface area contributed by atoms with Gasteiger partial charge in [0.25, 0.3) is 20.2 Å². The van der Waals surface area contributed by atoms with Crippen LogP contribution in [0.2, 0.25) is 0 Å². The van der Waals surface area contributed by atoms with Crippen molar-refractivity contribution in [3.8, 4) is 5.75 Å². The summed E-state index contributed by atoms with van der Waals surface area (Å²) < 4.78 is 110. The highest BCUT2D eigenvalue weighted by atomic mass is 32.2. The Balaban J connectivity index is 1.33. The number of nitrogens with zero attached hydrogens (tertiary/aromatic N) is 2. The van der Waals surface area contributed by atoms with Crippen molar-refractivity contribution in [2.45, 2.75) is 91.9 Å². The number of ether oxygens (including phenoxy) is 1. The van der Waals surface area contributed by atoms with E-state index in [1.807, 2.05) is 73.0 Å². The average molecular weight is 997 g/mol. The predicted molar refractivity (Wildman–Crippen MR) is 261 cm³/mol. The SMILES string of the molecule is CSC1(C(=O)CCCC2(C)/C(=C\C=C3/CCCC(/C=C/C4=[N+](CCCS(=O)(=O)[O-])c5ccccc5C4(C)C)=C3Oc3ccc(S(=O)(=O)O)cc3)N(CCCS(=O)(=O)O)c3ccccc32)CS1. The Morgan fingerprint density at radius 2 is 1.56 bits per heavy atom. The second-order valence-corrected chi connectivity index (χ2v) is 24.9. The van der Waals surface area contributed by atoms with Crippen LogP contribution in [0.3, 0.4) is 0 Å². The Morgan fingerprint density at radius 3 is 2.21 bits per heavy atom. The van der Waals surface area contributed by atoms with Gasteiger partial charge in [0.15, 0.2) is 11.5 Å². The summed E-state index contributed by atoms with van der Waals surface area (Å²) in [6, 6.07) is 21.4. The van der Waals surface area contributed by atoms with Crippen molar-refractivity contribution >= 4 is 76.7 Å². The summed E-state index contributed by atoms with van der Waals surface area (Å²) in [7, 11) is -13.1. The number of para-hydroxylation sites is 2. The van der Waals surface area contributed by atoms with E-state index in [1.165, 1.54) is 24.3 Å². The fourth-order valence-electron chi connectivity index (χ4n) is 9.46. The topological polar surface area (TPSA) is 198 Å². The van der Waals surface area contributed by atoms with E-state index in [9.17, 15) is 43.7 Å². The van der Waals surface area contributed by atoms with Crippen molar-refractivity contribution in [1.82, 2.24) is 0 Å². The highest BCUT2D eigenvalue weighted by Crippen LogP contribution is 2.55. The number of thioether (sulfide) groups is 2. The van der Waals surface area contributed by atoms with Crippen molar-refractivity contribution in [2.24, 2.45) is 0 Å². The highest BCUT2D eigenvalue weighted by Gasteiger charge is 2.50. The monoisotopic (exact) mass is 996 g/mol. The molecule has 0 bridgehead atoms. The third kappa shape index (κ3) is 11.1. The molecule has 1 saturated heterocycles. The zero-order valence-corrected chi connectivity index (χ0v) is 41.5. The highest BCUT2D eigenvalue weighted by molar-refractivity contribution is 8.25. The van der Waals surface area contributed by atoms with Crippen LogP contribution in [0, 0.1) is 0 Å². The predicted octanol–water partition coefficient (Wildman–Crippen LogP) is 8.73. The van der Waals surface area contributed by atoms with Crippen LogP contribution >= 0.6 is 23.5 Å². The lowest BCUT2D eigenvalue weighted by Gasteiger charge is -2.31. The summed E-state index contributed by atoms with van der Waals surface area (Å²) in [5.74, 6) is 1.00. The van der Waals surface area contributed by atoms with Gasteiger partial charge in [0, 0.05) is 65.4 Å². The summed E-state index contributed by atoms with van der Waals surface area (Å²) in [6.07, 6.45) is 14.0. The molecule has 2 N–H and O–H groups in total. The van der Waals surface area contributed by atoms with Gasteiger partial charge < -0.3 is 14.2 Å². The first-order chi connectivity index (χ1) is 31.1. The zero-order chi connectivity index (χ0) is 47.7. The molecule has 1 fully saturated rings. The molecule has 354 valence electrons. The van der Waals surface area contributed by atoms with E-state index in [-0.39, 0.29) is 27.6 Å². The van der Waals surface area contributed by atoms with E-state index < -0.39 is 52.7 Å². The van der Waals surface area contributed by atoms with Crippen LogP contribution in [0.5, 0.6) is 5.75 Å². The summed E-state index contributed by atoms with van der Waals surface area (Å²) in [4.78, 5) is 15.2.